The van der Waals surface area contributed by atoms with Gasteiger partial charge >= 0.3 is 0 Å². The van der Waals surface area contributed by atoms with Crippen LogP contribution in [0.3, 0.4) is 0 Å². The van der Waals surface area contributed by atoms with Gasteiger partial charge in [-0.25, -0.2) is 0 Å². The molecule has 2 aromatic rings. The molecule has 1 aromatic heterocycles. The number of rotatable bonds is 5. The molecule has 0 unspecified atom stereocenters. The van der Waals surface area contributed by atoms with Gasteiger partial charge < -0.3 is 10.4 Å². The van der Waals surface area contributed by atoms with Crippen molar-refractivity contribution in [1.29, 1.82) is 0 Å². The molecule has 0 spiro atoms. The number of likely N-dealkylation sites (tertiary alicyclic amines) is 1. The number of carbonyl (C=O) groups is 1. The van der Waals surface area contributed by atoms with Gasteiger partial charge in [-0.05, 0) is 49.7 Å². The molecule has 0 radical (unpaired) electrons. The third-order valence-corrected chi connectivity index (χ3v) is 4.12. The van der Waals surface area contributed by atoms with Crippen LogP contribution in [-0.4, -0.2) is 34.0 Å². The summed E-state index contributed by atoms with van der Waals surface area (Å²) >= 11 is 0. The zero-order valence-corrected chi connectivity index (χ0v) is 13.0. The number of anilines is 1. The molecule has 1 aromatic carbocycles. The fourth-order valence-electron chi connectivity index (χ4n) is 2.88. The minimum absolute atomic E-state index is 0.132. The van der Waals surface area contributed by atoms with Crippen LogP contribution in [0.1, 0.15) is 34.3 Å². The van der Waals surface area contributed by atoms with Crippen LogP contribution in [0, 0.1) is 0 Å². The highest BCUT2D eigenvalue weighted by Crippen LogP contribution is 2.17. The Kier molecular flexibility index (Phi) is 5.00. The maximum atomic E-state index is 12.4. The van der Waals surface area contributed by atoms with Crippen LogP contribution in [-0.2, 0) is 13.2 Å². The van der Waals surface area contributed by atoms with Crippen molar-refractivity contribution >= 4 is 11.6 Å². The van der Waals surface area contributed by atoms with Crippen molar-refractivity contribution in [3.63, 3.8) is 0 Å². The highest BCUT2D eigenvalue weighted by atomic mass is 16.3. The molecular weight excluding hydrogens is 290 g/mol. The molecular formula is C18H21N3O2. The molecule has 1 amide bonds. The number of pyridine rings is 1. The van der Waals surface area contributed by atoms with Crippen molar-refractivity contribution in [3.05, 3.63) is 59.4 Å². The van der Waals surface area contributed by atoms with E-state index in [4.69, 9.17) is 0 Å². The summed E-state index contributed by atoms with van der Waals surface area (Å²) in [4.78, 5) is 18.8. The summed E-state index contributed by atoms with van der Waals surface area (Å²) in [7, 11) is 0. The van der Waals surface area contributed by atoms with E-state index in [1.807, 2.05) is 12.1 Å². The first-order chi connectivity index (χ1) is 11.3. The van der Waals surface area contributed by atoms with Crippen molar-refractivity contribution < 1.29 is 9.90 Å². The van der Waals surface area contributed by atoms with E-state index in [0.717, 1.165) is 25.2 Å². The molecule has 3 rings (SSSR count). The van der Waals surface area contributed by atoms with Gasteiger partial charge in [0.1, 0.15) is 0 Å². The normalized spacial score (nSPS) is 14.8. The summed E-state index contributed by atoms with van der Waals surface area (Å²) in [5.41, 5.74) is 2.97. The van der Waals surface area contributed by atoms with Gasteiger partial charge in [0.2, 0.25) is 0 Å². The first-order valence-electron chi connectivity index (χ1n) is 7.92. The Morgan fingerprint density at radius 2 is 2.09 bits per heavy atom. The SMILES string of the molecule is O=C(Nc1cnccc1CO)c1cccc(CN2CCCC2)c1. The highest BCUT2D eigenvalue weighted by Gasteiger charge is 2.13. The Morgan fingerprint density at radius 3 is 2.87 bits per heavy atom. The van der Waals surface area contributed by atoms with E-state index in [9.17, 15) is 9.90 Å². The Labute approximate surface area is 136 Å². The molecule has 0 bridgehead atoms. The van der Waals surface area contributed by atoms with Crippen LogP contribution < -0.4 is 5.32 Å². The van der Waals surface area contributed by atoms with E-state index in [-0.39, 0.29) is 12.5 Å². The topological polar surface area (TPSA) is 65.5 Å². The molecule has 1 aliphatic rings. The van der Waals surface area contributed by atoms with Crippen LogP contribution in [0.25, 0.3) is 0 Å². The standard InChI is InChI=1S/C18H21N3O2/c22-13-16-6-7-19-11-17(16)20-18(23)15-5-3-4-14(10-15)12-21-8-1-2-9-21/h3-7,10-11,22H,1-2,8-9,12-13H2,(H,20,23). The van der Waals surface area contributed by atoms with Crippen LogP contribution in [0.2, 0.25) is 0 Å². The van der Waals surface area contributed by atoms with Crippen LogP contribution in [0.4, 0.5) is 5.69 Å². The lowest BCUT2D eigenvalue weighted by Crippen LogP contribution is -2.19. The number of hydrogen-bond acceptors (Lipinski definition) is 4. The molecule has 2 N–H and O–H groups in total. The van der Waals surface area contributed by atoms with E-state index in [1.165, 1.54) is 12.8 Å². The summed E-state index contributed by atoms with van der Waals surface area (Å²) in [6.45, 7) is 3.01. The van der Waals surface area contributed by atoms with Crippen molar-refractivity contribution in [3.8, 4) is 0 Å². The number of aromatic nitrogens is 1. The minimum atomic E-state index is -0.184. The lowest BCUT2D eigenvalue weighted by atomic mass is 10.1. The molecule has 1 saturated heterocycles. The Bertz CT molecular complexity index is 681. The summed E-state index contributed by atoms with van der Waals surface area (Å²) in [6.07, 6.45) is 5.66. The molecule has 0 aliphatic carbocycles. The molecule has 1 aliphatic heterocycles. The van der Waals surface area contributed by atoms with Crippen LogP contribution >= 0.6 is 0 Å². The van der Waals surface area contributed by atoms with Gasteiger partial charge in [-0.15, -0.1) is 0 Å². The molecule has 1 fully saturated rings. The van der Waals surface area contributed by atoms with Gasteiger partial charge in [-0.1, -0.05) is 12.1 Å². The molecule has 23 heavy (non-hydrogen) atoms. The van der Waals surface area contributed by atoms with Gasteiger partial charge in [0.05, 0.1) is 18.5 Å². The zero-order chi connectivity index (χ0) is 16.1. The van der Waals surface area contributed by atoms with Gasteiger partial charge in [0.25, 0.3) is 5.91 Å². The maximum Gasteiger partial charge on any atom is 0.255 e. The number of hydrogen-bond donors (Lipinski definition) is 2. The highest BCUT2D eigenvalue weighted by molar-refractivity contribution is 6.04. The molecule has 5 heteroatoms. The van der Waals surface area contributed by atoms with E-state index in [2.05, 4.69) is 21.3 Å². The van der Waals surface area contributed by atoms with Gasteiger partial charge in [-0.3, -0.25) is 14.7 Å². The largest absolute Gasteiger partial charge is 0.392 e. The summed E-state index contributed by atoms with van der Waals surface area (Å²) in [6, 6.07) is 9.40. The van der Waals surface area contributed by atoms with Crippen molar-refractivity contribution in [1.82, 2.24) is 9.88 Å². The molecule has 5 nitrogen and oxygen atoms in total. The van der Waals surface area contributed by atoms with Gasteiger partial charge in [-0.2, -0.15) is 0 Å². The van der Waals surface area contributed by atoms with Gasteiger partial charge in [0, 0.05) is 23.9 Å². The second kappa shape index (κ2) is 7.35. The molecule has 0 atom stereocenters. The lowest BCUT2D eigenvalue weighted by molar-refractivity contribution is 0.102. The van der Waals surface area contributed by atoms with E-state index in [1.54, 1.807) is 24.5 Å². The van der Waals surface area contributed by atoms with Crippen molar-refractivity contribution in [2.24, 2.45) is 0 Å². The van der Waals surface area contributed by atoms with Crippen molar-refractivity contribution in [2.45, 2.75) is 26.0 Å². The van der Waals surface area contributed by atoms with E-state index < -0.39 is 0 Å². The van der Waals surface area contributed by atoms with Crippen molar-refractivity contribution in [2.75, 3.05) is 18.4 Å². The summed E-state index contributed by atoms with van der Waals surface area (Å²) in [5.74, 6) is -0.184. The van der Waals surface area contributed by atoms with E-state index >= 15 is 0 Å². The summed E-state index contributed by atoms with van der Waals surface area (Å²) < 4.78 is 0. The third kappa shape index (κ3) is 3.94. The molecule has 2 heterocycles. The molecule has 120 valence electrons. The fraction of sp³-hybridized carbons (Fsp3) is 0.333. The number of nitrogens with one attached hydrogen (secondary N) is 1. The van der Waals surface area contributed by atoms with Crippen LogP contribution in [0.15, 0.2) is 42.7 Å². The zero-order valence-electron chi connectivity index (χ0n) is 13.0. The Balaban J connectivity index is 1.71. The predicted molar refractivity (Wildman–Crippen MR) is 89.1 cm³/mol. The number of benzene rings is 1. The molecule has 0 saturated carbocycles. The summed E-state index contributed by atoms with van der Waals surface area (Å²) in [5, 5.41) is 12.1. The number of nitrogens with zero attached hydrogens (tertiary/aromatic N) is 2. The number of aliphatic hydroxyl groups is 1. The second-order valence-electron chi connectivity index (χ2n) is 5.83. The average molecular weight is 311 g/mol. The number of carbonyl (C=O) groups excluding carboxylic acids is 1. The fourth-order valence-corrected chi connectivity index (χ4v) is 2.88. The monoisotopic (exact) mass is 311 g/mol. The number of aliphatic hydroxyl groups excluding tert-OH is 1. The Hall–Kier alpha value is -2.24. The first kappa shape index (κ1) is 15.6. The van der Waals surface area contributed by atoms with Gasteiger partial charge in [0.15, 0.2) is 0 Å². The second-order valence-corrected chi connectivity index (χ2v) is 5.83. The average Bonchev–Trinajstić information content (AvgIpc) is 3.08. The third-order valence-electron chi connectivity index (χ3n) is 4.12. The Morgan fingerprint density at radius 1 is 1.26 bits per heavy atom. The van der Waals surface area contributed by atoms with E-state index in [0.29, 0.717) is 16.8 Å². The maximum absolute atomic E-state index is 12.4. The minimum Gasteiger partial charge on any atom is -0.392 e. The smallest absolute Gasteiger partial charge is 0.255 e. The lowest BCUT2D eigenvalue weighted by Gasteiger charge is -2.15. The predicted octanol–water partition coefficient (Wildman–Crippen LogP) is 2.42. The number of amides is 1. The van der Waals surface area contributed by atoms with Crippen LogP contribution in [0.5, 0.6) is 0 Å². The first-order valence-corrected chi connectivity index (χ1v) is 7.92. The quantitative estimate of drug-likeness (QED) is 0.890.